The van der Waals surface area contributed by atoms with Gasteiger partial charge in [-0.3, -0.25) is 4.57 Å². The van der Waals surface area contributed by atoms with E-state index in [4.69, 9.17) is 4.42 Å². The maximum Gasteiger partial charge on any atom is 0.192 e. The van der Waals surface area contributed by atoms with Crippen molar-refractivity contribution in [3.05, 3.63) is 60.7 Å². The standard InChI is InChI=1S/C20H21N3OSi/c1-14-22-16-13-15(9-10-18(16)24-14)20-21-11-12-23(20)17-7-5-6-8-19(17)25(2,3)4/h5-13H,1-4H3. The number of nitrogens with zero attached hydrogens (tertiary/aromatic N) is 3. The molecule has 4 aromatic rings. The summed E-state index contributed by atoms with van der Waals surface area (Å²) in [5.41, 5.74) is 3.92. The van der Waals surface area contributed by atoms with E-state index in [1.165, 1.54) is 10.9 Å². The van der Waals surface area contributed by atoms with Crippen LogP contribution in [0.1, 0.15) is 5.89 Å². The number of para-hydroxylation sites is 1. The molecule has 0 unspecified atom stereocenters. The Hall–Kier alpha value is -2.66. The zero-order valence-corrected chi connectivity index (χ0v) is 15.9. The molecule has 2 aromatic heterocycles. The predicted molar refractivity (Wildman–Crippen MR) is 104 cm³/mol. The van der Waals surface area contributed by atoms with Crippen LogP contribution < -0.4 is 5.19 Å². The van der Waals surface area contributed by atoms with E-state index in [9.17, 15) is 0 Å². The molecule has 4 nitrogen and oxygen atoms in total. The smallest absolute Gasteiger partial charge is 0.192 e. The molecule has 0 saturated heterocycles. The molecule has 25 heavy (non-hydrogen) atoms. The highest BCUT2D eigenvalue weighted by molar-refractivity contribution is 6.89. The lowest BCUT2D eigenvalue weighted by Gasteiger charge is -2.22. The van der Waals surface area contributed by atoms with Gasteiger partial charge in [0.2, 0.25) is 0 Å². The maximum atomic E-state index is 5.59. The van der Waals surface area contributed by atoms with Gasteiger partial charge in [-0.1, -0.05) is 37.8 Å². The van der Waals surface area contributed by atoms with Crippen LogP contribution in [0.25, 0.3) is 28.2 Å². The van der Waals surface area contributed by atoms with E-state index in [1.807, 2.05) is 37.5 Å². The Labute approximate surface area is 148 Å². The van der Waals surface area contributed by atoms with Gasteiger partial charge in [0.1, 0.15) is 11.3 Å². The van der Waals surface area contributed by atoms with Gasteiger partial charge in [0.15, 0.2) is 11.5 Å². The SMILES string of the molecule is Cc1nc2cc(-c3nccn3-c3ccccc3[Si](C)(C)C)ccc2o1. The van der Waals surface area contributed by atoms with E-state index in [0.717, 1.165) is 22.5 Å². The lowest BCUT2D eigenvalue weighted by atomic mass is 10.2. The normalized spacial score (nSPS) is 12.0. The average Bonchev–Trinajstić information content (AvgIpc) is 3.18. The van der Waals surface area contributed by atoms with E-state index in [2.05, 4.69) is 58.4 Å². The Morgan fingerprint density at radius 3 is 2.64 bits per heavy atom. The Morgan fingerprint density at radius 2 is 1.84 bits per heavy atom. The van der Waals surface area contributed by atoms with Gasteiger partial charge in [-0.05, 0) is 29.5 Å². The summed E-state index contributed by atoms with van der Waals surface area (Å²) >= 11 is 0. The molecule has 0 aliphatic carbocycles. The largest absolute Gasteiger partial charge is 0.441 e. The third-order valence-corrected chi connectivity index (χ3v) is 6.40. The third-order valence-electron chi connectivity index (χ3n) is 4.37. The van der Waals surface area contributed by atoms with Gasteiger partial charge in [0.25, 0.3) is 0 Å². The second kappa shape index (κ2) is 5.70. The first-order valence-electron chi connectivity index (χ1n) is 8.44. The number of oxazole rings is 1. The van der Waals surface area contributed by atoms with E-state index in [-0.39, 0.29) is 0 Å². The van der Waals surface area contributed by atoms with Gasteiger partial charge < -0.3 is 4.42 Å². The molecular weight excluding hydrogens is 326 g/mol. The van der Waals surface area contributed by atoms with Crippen molar-refractivity contribution >= 4 is 24.4 Å². The van der Waals surface area contributed by atoms with Gasteiger partial charge >= 0.3 is 0 Å². The molecule has 0 aliphatic heterocycles. The minimum atomic E-state index is -1.47. The molecule has 0 spiro atoms. The molecule has 5 heteroatoms. The lowest BCUT2D eigenvalue weighted by molar-refractivity contribution is 0.561. The Balaban J connectivity index is 1.89. The van der Waals surface area contributed by atoms with Crippen molar-refractivity contribution in [2.45, 2.75) is 26.6 Å². The molecule has 0 N–H and O–H groups in total. The summed E-state index contributed by atoms with van der Waals surface area (Å²) in [6, 6.07) is 14.7. The highest BCUT2D eigenvalue weighted by Gasteiger charge is 2.22. The molecule has 4 rings (SSSR count). The van der Waals surface area contributed by atoms with Crippen molar-refractivity contribution in [2.24, 2.45) is 0 Å². The maximum absolute atomic E-state index is 5.59. The summed E-state index contributed by atoms with van der Waals surface area (Å²) in [7, 11) is -1.47. The van der Waals surface area contributed by atoms with Gasteiger partial charge in [-0.15, -0.1) is 0 Å². The number of rotatable bonds is 3. The molecular formula is C20H21N3OSi. The fraction of sp³-hybridized carbons (Fsp3) is 0.200. The first-order valence-corrected chi connectivity index (χ1v) is 11.9. The molecule has 2 heterocycles. The molecule has 0 saturated carbocycles. The number of benzene rings is 2. The Kier molecular flexibility index (Phi) is 3.61. The van der Waals surface area contributed by atoms with Crippen LogP contribution in [0.2, 0.25) is 19.6 Å². The summed E-state index contributed by atoms with van der Waals surface area (Å²) in [5.74, 6) is 1.60. The van der Waals surface area contributed by atoms with Crippen LogP contribution in [-0.2, 0) is 0 Å². The van der Waals surface area contributed by atoms with Gasteiger partial charge in [-0.25, -0.2) is 9.97 Å². The van der Waals surface area contributed by atoms with E-state index >= 15 is 0 Å². The molecule has 0 atom stereocenters. The second-order valence-corrected chi connectivity index (χ2v) is 12.3. The van der Waals surface area contributed by atoms with Crippen LogP contribution in [0.3, 0.4) is 0 Å². The topological polar surface area (TPSA) is 43.9 Å². The minimum absolute atomic E-state index is 0.680. The lowest BCUT2D eigenvalue weighted by Crippen LogP contribution is -2.40. The average molecular weight is 347 g/mol. The summed E-state index contributed by atoms with van der Waals surface area (Å²) in [5, 5.41) is 1.42. The highest BCUT2D eigenvalue weighted by atomic mass is 28.3. The van der Waals surface area contributed by atoms with Crippen molar-refractivity contribution in [1.29, 1.82) is 0 Å². The molecule has 0 radical (unpaired) electrons. The number of aromatic nitrogens is 3. The Morgan fingerprint density at radius 1 is 1.04 bits per heavy atom. The van der Waals surface area contributed by atoms with Crippen molar-refractivity contribution in [1.82, 2.24) is 14.5 Å². The number of fused-ring (bicyclic) bond motifs is 1. The number of hydrogen-bond acceptors (Lipinski definition) is 3. The third kappa shape index (κ3) is 2.80. The quantitative estimate of drug-likeness (QED) is 0.511. The monoisotopic (exact) mass is 347 g/mol. The molecule has 0 bridgehead atoms. The first-order chi connectivity index (χ1) is 11.9. The van der Waals surface area contributed by atoms with Crippen LogP contribution >= 0.6 is 0 Å². The highest BCUT2D eigenvalue weighted by Crippen LogP contribution is 2.26. The summed E-state index contributed by atoms with van der Waals surface area (Å²) < 4.78 is 7.77. The van der Waals surface area contributed by atoms with E-state index < -0.39 is 8.07 Å². The van der Waals surface area contributed by atoms with Gasteiger partial charge in [0.05, 0.1) is 8.07 Å². The molecule has 2 aromatic carbocycles. The van der Waals surface area contributed by atoms with Crippen molar-refractivity contribution in [3.63, 3.8) is 0 Å². The van der Waals surface area contributed by atoms with Gasteiger partial charge in [-0.2, -0.15) is 0 Å². The number of hydrogen-bond donors (Lipinski definition) is 0. The van der Waals surface area contributed by atoms with Crippen LogP contribution in [0.4, 0.5) is 0 Å². The summed E-state index contributed by atoms with van der Waals surface area (Å²) in [6.45, 7) is 8.97. The van der Waals surface area contributed by atoms with Gasteiger partial charge in [0, 0.05) is 30.6 Å². The Bertz CT molecular complexity index is 1060. The van der Waals surface area contributed by atoms with Crippen LogP contribution in [0.15, 0.2) is 59.3 Å². The molecule has 0 aliphatic rings. The predicted octanol–water partition coefficient (Wildman–Crippen LogP) is 4.53. The summed E-state index contributed by atoms with van der Waals surface area (Å²) in [6.07, 6.45) is 3.89. The van der Waals surface area contributed by atoms with Crippen molar-refractivity contribution < 1.29 is 4.42 Å². The van der Waals surface area contributed by atoms with Crippen LogP contribution in [0, 0.1) is 6.92 Å². The molecule has 0 amide bonds. The van der Waals surface area contributed by atoms with Crippen LogP contribution in [0.5, 0.6) is 0 Å². The number of aryl methyl sites for hydroxylation is 1. The fourth-order valence-electron chi connectivity index (χ4n) is 3.21. The van der Waals surface area contributed by atoms with E-state index in [0.29, 0.717) is 5.89 Å². The first kappa shape index (κ1) is 15.8. The molecule has 0 fully saturated rings. The van der Waals surface area contributed by atoms with E-state index in [1.54, 1.807) is 0 Å². The van der Waals surface area contributed by atoms with Crippen LogP contribution in [-0.4, -0.2) is 22.6 Å². The minimum Gasteiger partial charge on any atom is -0.441 e. The second-order valence-electron chi connectivity index (χ2n) is 7.30. The fourth-order valence-corrected chi connectivity index (χ4v) is 4.78. The summed E-state index contributed by atoms with van der Waals surface area (Å²) in [4.78, 5) is 9.07. The number of imidazole rings is 1. The zero-order valence-electron chi connectivity index (χ0n) is 14.9. The van der Waals surface area contributed by atoms with Crippen molar-refractivity contribution in [2.75, 3.05) is 0 Å². The van der Waals surface area contributed by atoms with Crippen molar-refractivity contribution in [3.8, 4) is 17.1 Å². The zero-order chi connectivity index (χ0) is 17.6. The molecule has 126 valence electrons.